The molecule has 0 radical (unpaired) electrons. The first-order valence-corrected chi connectivity index (χ1v) is 7.71. The monoisotopic (exact) mass is 319 g/mol. The molecule has 1 aliphatic heterocycles. The summed E-state index contributed by atoms with van der Waals surface area (Å²) in [6.45, 7) is 2.69. The number of nitrogens with zero attached hydrogens (tertiary/aromatic N) is 2. The average molecular weight is 319 g/mol. The Morgan fingerprint density at radius 2 is 2.00 bits per heavy atom. The molecule has 1 saturated heterocycles. The Morgan fingerprint density at radius 1 is 1.26 bits per heavy atom. The summed E-state index contributed by atoms with van der Waals surface area (Å²) < 4.78 is 23.7. The topological polar surface area (TPSA) is 50.5 Å². The van der Waals surface area contributed by atoms with Crippen LogP contribution in [-0.4, -0.2) is 42.9 Å². The molecular weight excluding hydrogens is 297 g/mol. The van der Waals surface area contributed by atoms with E-state index in [4.69, 9.17) is 9.26 Å². The van der Waals surface area contributed by atoms with Crippen LogP contribution >= 0.6 is 0 Å². The minimum Gasteiger partial charge on any atom is -0.377 e. The number of ether oxygens (including phenoxy) is 1. The van der Waals surface area contributed by atoms with Crippen molar-refractivity contribution in [3.8, 4) is 0 Å². The van der Waals surface area contributed by atoms with Crippen LogP contribution in [0.25, 0.3) is 0 Å². The van der Waals surface area contributed by atoms with Gasteiger partial charge < -0.3 is 19.5 Å². The fourth-order valence-corrected chi connectivity index (χ4v) is 2.68. The Hall–Kier alpha value is -1.76. The summed E-state index contributed by atoms with van der Waals surface area (Å²) >= 11 is 0. The predicted octanol–water partition coefficient (Wildman–Crippen LogP) is 1.98. The van der Waals surface area contributed by atoms with Gasteiger partial charge in [0, 0.05) is 19.0 Å². The SMILES string of the molecule is CN(C)Cc1cc(CC2(NCc3ccc(F)cc3)COC2)no1. The van der Waals surface area contributed by atoms with Crippen molar-refractivity contribution in [2.75, 3.05) is 27.3 Å². The van der Waals surface area contributed by atoms with Gasteiger partial charge in [0.1, 0.15) is 5.82 Å². The molecule has 0 saturated carbocycles. The van der Waals surface area contributed by atoms with Gasteiger partial charge in [-0.1, -0.05) is 17.3 Å². The maximum atomic E-state index is 13.0. The van der Waals surface area contributed by atoms with Gasteiger partial charge in [0.15, 0.2) is 5.76 Å². The third-order valence-electron chi connectivity index (χ3n) is 3.94. The maximum absolute atomic E-state index is 13.0. The van der Waals surface area contributed by atoms with Crippen LogP contribution in [0.2, 0.25) is 0 Å². The number of hydrogen-bond donors (Lipinski definition) is 1. The second kappa shape index (κ2) is 6.78. The molecule has 2 heterocycles. The molecule has 0 amide bonds. The minimum atomic E-state index is -0.216. The largest absolute Gasteiger partial charge is 0.377 e. The van der Waals surface area contributed by atoms with E-state index in [-0.39, 0.29) is 11.4 Å². The molecule has 1 N–H and O–H groups in total. The molecule has 2 aromatic rings. The van der Waals surface area contributed by atoms with Gasteiger partial charge in [-0.3, -0.25) is 0 Å². The summed E-state index contributed by atoms with van der Waals surface area (Å²) in [5.74, 6) is 0.644. The van der Waals surface area contributed by atoms with Gasteiger partial charge >= 0.3 is 0 Å². The highest BCUT2D eigenvalue weighted by atomic mass is 19.1. The van der Waals surface area contributed by atoms with E-state index in [1.165, 1.54) is 12.1 Å². The van der Waals surface area contributed by atoms with Crippen LogP contribution in [-0.2, 0) is 24.2 Å². The number of rotatable bonds is 7. The van der Waals surface area contributed by atoms with Gasteiger partial charge in [-0.2, -0.15) is 0 Å². The van der Waals surface area contributed by atoms with Crippen molar-refractivity contribution in [1.82, 2.24) is 15.4 Å². The van der Waals surface area contributed by atoms with Gasteiger partial charge in [0.25, 0.3) is 0 Å². The standard InChI is InChI=1S/C17H22FN3O2/c1-21(2)10-16-7-15(20-23-16)8-17(11-22-12-17)19-9-13-3-5-14(18)6-4-13/h3-7,19H,8-12H2,1-2H3. The molecule has 1 aromatic heterocycles. The van der Waals surface area contributed by atoms with Gasteiger partial charge in [-0.15, -0.1) is 0 Å². The molecule has 1 fully saturated rings. The third-order valence-corrected chi connectivity index (χ3v) is 3.94. The summed E-state index contributed by atoms with van der Waals surface area (Å²) in [7, 11) is 3.99. The van der Waals surface area contributed by atoms with Crippen molar-refractivity contribution in [2.24, 2.45) is 0 Å². The van der Waals surface area contributed by atoms with Crippen LogP contribution in [0.1, 0.15) is 17.0 Å². The van der Waals surface area contributed by atoms with Crippen LogP contribution in [0.4, 0.5) is 4.39 Å². The molecule has 0 spiro atoms. The average Bonchev–Trinajstić information content (AvgIpc) is 2.89. The second-order valence-electron chi connectivity index (χ2n) is 6.45. The van der Waals surface area contributed by atoms with Crippen molar-refractivity contribution in [3.05, 3.63) is 53.2 Å². The zero-order chi connectivity index (χ0) is 16.3. The Kier molecular flexibility index (Phi) is 4.75. The molecular formula is C17H22FN3O2. The van der Waals surface area contributed by atoms with Crippen LogP contribution < -0.4 is 5.32 Å². The Morgan fingerprint density at radius 3 is 2.61 bits per heavy atom. The Labute approximate surface area is 135 Å². The van der Waals surface area contributed by atoms with E-state index in [2.05, 4.69) is 10.5 Å². The van der Waals surface area contributed by atoms with E-state index in [9.17, 15) is 4.39 Å². The lowest BCUT2D eigenvalue weighted by atomic mass is 9.91. The molecule has 23 heavy (non-hydrogen) atoms. The van der Waals surface area contributed by atoms with Crippen LogP contribution in [0, 0.1) is 5.82 Å². The third kappa shape index (κ3) is 4.16. The van der Waals surface area contributed by atoms with E-state index >= 15 is 0 Å². The van der Waals surface area contributed by atoms with E-state index in [1.807, 2.05) is 25.1 Å². The van der Waals surface area contributed by atoms with Gasteiger partial charge in [-0.05, 0) is 31.8 Å². The van der Waals surface area contributed by atoms with Gasteiger partial charge in [-0.25, -0.2) is 4.39 Å². The molecule has 124 valence electrons. The highest BCUT2D eigenvalue weighted by Crippen LogP contribution is 2.23. The normalized spacial score (nSPS) is 16.5. The number of nitrogens with one attached hydrogen (secondary N) is 1. The van der Waals surface area contributed by atoms with Crippen LogP contribution in [0.3, 0.4) is 0 Å². The second-order valence-corrected chi connectivity index (χ2v) is 6.45. The van der Waals surface area contributed by atoms with Crippen molar-refractivity contribution in [2.45, 2.75) is 25.0 Å². The highest BCUT2D eigenvalue weighted by molar-refractivity contribution is 5.17. The smallest absolute Gasteiger partial charge is 0.150 e. The first-order valence-electron chi connectivity index (χ1n) is 7.71. The van der Waals surface area contributed by atoms with Crippen molar-refractivity contribution in [3.63, 3.8) is 0 Å². The van der Waals surface area contributed by atoms with Gasteiger partial charge in [0.05, 0.1) is 31.0 Å². The van der Waals surface area contributed by atoms with Crippen LogP contribution in [0.15, 0.2) is 34.9 Å². The lowest BCUT2D eigenvalue weighted by Crippen LogP contribution is -2.61. The molecule has 1 aliphatic rings. The summed E-state index contributed by atoms with van der Waals surface area (Å²) in [5.41, 5.74) is 1.85. The fraction of sp³-hybridized carbons (Fsp3) is 0.471. The zero-order valence-corrected chi connectivity index (χ0v) is 13.5. The zero-order valence-electron chi connectivity index (χ0n) is 13.5. The first-order chi connectivity index (χ1) is 11.0. The van der Waals surface area contributed by atoms with Crippen molar-refractivity contribution < 1.29 is 13.7 Å². The summed E-state index contributed by atoms with van der Waals surface area (Å²) in [4.78, 5) is 2.04. The van der Waals surface area contributed by atoms with E-state index in [1.54, 1.807) is 12.1 Å². The van der Waals surface area contributed by atoms with Crippen molar-refractivity contribution >= 4 is 0 Å². The minimum absolute atomic E-state index is 0.124. The number of hydrogen-bond acceptors (Lipinski definition) is 5. The number of benzene rings is 1. The summed E-state index contributed by atoms with van der Waals surface area (Å²) in [6, 6.07) is 8.54. The summed E-state index contributed by atoms with van der Waals surface area (Å²) in [5, 5.41) is 7.68. The maximum Gasteiger partial charge on any atom is 0.150 e. The quantitative estimate of drug-likeness (QED) is 0.846. The number of halogens is 1. The fourth-order valence-electron chi connectivity index (χ4n) is 2.68. The predicted molar refractivity (Wildman–Crippen MR) is 84.4 cm³/mol. The molecule has 0 atom stereocenters. The molecule has 0 bridgehead atoms. The van der Waals surface area contributed by atoms with Crippen molar-refractivity contribution in [1.29, 1.82) is 0 Å². The first kappa shape index (κ1) is 16.1. The van der Waals surface area contributed by atoms with E-state index in [0.29, 0.717) is 19.8 Å². The summed E-state index contributed by atoms with van der Waals surface area (Å²) in [6.07, 6.45) is 0.755. The van der Waals surface area contributed by atoms with E-state index < -0.39 is 0 Å². The van der Waals surface area contributed by atoms with E-state index in [0.717, 1.165) is 30.0 Å². The highest BCUT2D eigenvalue weighted by Gasteiger charge is 2.39. The van der Waals surface area contributed by atoms with Crippen LogP contribution in [0.5, 0.6) is 0 Å². The number of aromatic nitrogens is 1. The molecule has 6 heteroatoms. The molecule has 1 aromatic carbocycles. The molecule has 0 aliphatic carbocycles. The van der Waals surface area contributed by atoms with Gasteiger partial charge in [0.2, 0.25) is 0 Å². The molecule has 3 rings (SSSR count). The molecule has 0 unspecified atom stereocenters. The lowest BCUT2D eigenvalue weighted by Gasteiger charge is -2.42. The Balaban J connectivity index is 1.59. The Bertz CT molecular complexity index is 636. The molecule has 5 nitrogen and oxygen atoms in total. The lowest BCUT2D eigenvalue weighted by molar-refractivity contribution is -0.0755.